The Kier molecular flexibility index (Phi) is 6.25. The quantitative estimate of drug-likeness (QED) is 0.465. The number of carbonyl (C=O) groups is 3. The van der Waals surface area contributed by atoms with E-state index >= 15 is 0 Å². The van der Waals surface area contributed by atoms with Gasteiger partial charge in [-0.15, -0.1) is 0 Å². The van der Waals surface area contributed by atoms with Crippen LogP contribution in [0.3, 0.4) is 0 Å². The predicted octanol–water partition coefficient (Wildman–Crippen LogP) is 3.55. The van der Waals surface area contributed by atoms with Crippen LogP contribution >= 0.6 is 0 Å². The number of benzene rings is 2. The van der Waals surface area contributed by atoms with Crippen LogP contribution in [0.2, 0.25) is 0 Å². The molecule has 0 aliphatic rings. The Morgan fingerprint density at radius 2 is 1.61 bits per heavy atom. The van der Waals surface area contributed by atoms with Crippen molar-refractivity contribution in [2.75, 3.05) is 13.7 Å². The molecule has 7 heteroatoms. The number of Topliss-reactive ketones (excluding diaryl/α,β-unsaturated/α-hetero) is 1. The number of rotatable bonds is 7. The minimum Gasteiger partial charge on any atom is -0.485 e. The molecule has 160 valence electrons. The lowest BCUT2D eigenvalue weighted by Crippen LogP contribution is -2.17. The lowest BCUT2D eigenvalue weighted by molar-refractivity contribution is 0.0600. The molecule has 3 aromatic rings. The highest BCUT2D eigenvalue weighted by molar-refractivity contribution is 5.99. The van der Waals surface area contributed by atoms with E-state index in [9.17, 15) is 14.4 Å². The van der Waals surface area contributed by atoms with Gasteiger partial charge in [-0.05, 0) is 68.8 Å². The summed E-state index contributed by atoms with van der Waals surface area (Å²) in [4.78, 5) is 36.1. The fraction of sp³-hybridized carbons (Fsp3) is 0.208. The first-order valence-electron chi connectivity index (χ1n) is 9.67. The minimum atomic E-state index is -0.615. The second kappa shape index (κ2) is 8.87. The number of nitrogens with zero attached hydrogens (tertiary/aromatic N) is 1. The summed E-state index contributed by atoms with van der Waals surface area (Å²) in [7, 11) is 1.33. The number of hydrogen-bond acceptors (Lipinski definition) is 5. The topological polar surface area (TPSA) is 101 Å². The van der Waals surface area contributed by atoms with Gasteiger partial charge in [-0.1, -0.05) is 6.07 Å². The Morgan fingerprint density at radius 3 is 2.23 bits per heavy atom. The number of amides is 1. The van der Waals surface area contributed by atoms with Gasteiger partial charge in [0.05, 0.1) is 18.2 Å². The summed E-state index contributed by atoms with van der Waals surface area (Å²) in [5, 5.41) is 0. The Morgan fingerprint density at radius 1 is 0.935 bits per heavy atom. The number of aryl methyl sites for hydroxylation is 2. The third kappa shape index (κ3) is 4.50. The smallest absolute Gasteiger partial charge is 0.337 e. The molecule has 0 atom stereocenters. The first kappa shape index (κ1) is 21.8. The van der Waals surface area contributed by atoms with Gasteiger partial charge >= 0.3 is 5.97 Å². The van der Waals surface area contributed by atoms with Gasteiger partial charge in [-0.2, -0.15) is 0 Å². The zero-order chi connectivity index (χ0) is 22.7. The molecular weight excluding hydrogens is 396 g/mol. The summed E-state index contributed by atoms with van der Waals surface area (Å²) >= 11 is 0. The van der Waals surface area contributed by atoms with Crippen molar-refractivity contribution in [1.29, 1.82) is 0 Å². The molecule has 0 unspecified atom stereocenters. The number of hydrogen-bond donors (Lipinski definition) is 1. The number of carbonyl (C=O) groups excluding carboxylic acids is 3. The second-order valence-corrected chi connectivity index (χ2v) is 7.23. The van der Waals surface area contributed by atoms with Gasteiger partial charge in [-0.3, -0.25) is 9.59 Å². The highest BCUT2D eigenvalue weighted by Gasteiger charge is 2.19. The van der Waals surface area contributed by atoms with Gasteiger partial charge in [0.15, 0.2) is 6.61 Å². The maximum Gasteiger partial charge on any atom is 0.337 e. The minimum absolute atomic E-state index is 0.220. The van der Waals surface area contributed by atoms with E-state index < -0.39 is 11.9 Å². The van der Waals surface area contributed by atoms with Crippen molar-refractivity contribution in [2.45, 2.75) is 20.8 Å². The molecule has 0 aliphatic heterocycles. The normalized spacial score (nSPS) is 10.6. The maximum atomic E-state index is 12.9. The van der Waals surface area contributed by atoms with Crippen molar-refractivity contribution < 1.29 is 23.9 Å². The highest BCUT2D eigenvalue weighted by Crippen LogP contribution is 2.24. The molecule has 2 N–H and O–H groups in total. The molecular formula is C24H24N2O5. The van der Waals surface area contributed by atoms with Crippen LogP contribution < -0.4 is 10.5 Å². The SMILES string of the molecule is COC(=O)c1ccc(-n2c(C)cc(C(=O)COc3cc(C)ccc3C(N)=O)c2C)cc1. The molecule has 0 radical (unpaired) electrons. The Bertz CT molecular complexity index is 1160. The van der Waals surface area contributed by atoms with E-state index in [2.05, 4.69) is 0 Å². The predicted molar refractivity (Wildman–Crippen MR) is 116 cm³/mol. The van der Waals surface area contributed by atoms with E-state index in [1.165, 1.54) is 7.11 Å². The van der Waals surface area contributed by atoms with E-state index in [-0.39, 0.29) is 23.7 Å². The molecule has 1 aromatic heterocycles. The number of nitrogens with two attached hydrogens (primary N) is 1. The van der Waals surface area contributed by atoms with Gasteiger partial charge in [-0.25, -0.2) is 4.79 Å². The van der Waals surface area contributed by atoms with Crippen molar-refractivity contribution >= 4 is 17.7 Å². The van der Waals surface area contributed by atoms with Crippen LogP contribution in [0.4, 0.5) is 0 Å². The number of primary amides is 1. The summed E-state index contributed by atoms with van der Waals surface area (Å²) in [5.74, 6) is -0.960. The molecule has 2 aromatic carbocycles. The molecule has 0 saturated heterocycles. The van der Waals surface area contributed by atoms with Crippen molar-refractivity contribution in [3.05, 3.63) is 82.2 Å². The van der Waals surface area contributed by atoms with Crippen LogP contribution in [0.25, 0.3) is 5.69 Å². The summed E-state index contributed by atoms with van der Waals surface area (Å²) in [6, 6.07) is 13.8. The standard InChI is InChI=1S/C24H24N2O5/c1-14-5-10-19(23(25)28)22(11-14)31-13-21(27)20-12-15(2)26(16(20)3)18-8-6-17(7-9-18)24(29)30-4/h5-12H,13H2,1-4H3,(H2,25,28). The molecule has 1 amide bonds. The average molecular weight is 420 g/mol. The van der Waals surface area contributed by atoms with E-state index in [0.29, 0.717) is 11.1 Å². The van der Waals surface area contributed by atoms with E-state index in [1.807, 2.05) is 25.3 Å². The van der Waals surface area contributed by atoms with Crippen molar-refractivity contribution in [3.63, 3.8) is 0 Å². The van der Waals surface area contributed by atoms with Crippen LogP contribution in [0, 0.1) is 20.8 Å². The molecule has 0 bridgehead atoms. The van der Waals surface area contributed by atoms with Crippen LogP contribution in [0.5, 0.6) is 5.75 Å². The molecule has 31 heavy (non-hydrogen) atoms. The zero-order valence-corrected chi connectivity index (χ0v) is 17.9. The number of ether oxygens (including phenoxy) is 2. The van der Waals surface area contributed by atoms with Crippen molar-refractivity contribution in [2.24, 2.45) is 5.73 Å². The van der Waals surface area contributed by atoms with E-state index in [4.69, 9.17) is 15.2 Å². The fourth-order valence-electron chi connectivity index (χ4n) is 3.48. The summed E-state index contributed by atoms with van der Waals surface area (Å²) in [6.07, 6.45) is 0. The highest BCUT2D eigenvalue weighted by atomic mass is 16.5. The molecule has 1 heterocycles. The molecule has 0 spiro atoms. The van der Waals surface area contributed by atoms with Gasteiger partial charge in [0, 0.05) is 22.6 Å². The van der Waals surface area contributed by atoms with Crippen LogP contribution in [-0.4, -0.2) is 35.9 Å². The van der Waals surface area contributed by atoms with Crippen LogP contribution in [0.15, 0.2) is 48.5 Å². The van der Waals surface area contributed by atoms with Crippen LogP contribution in [-0.2, 0) is 4.74 Å². The summed E-state index contributed by atoms with van der Waals surface area (Å²) in [6.45, 7) is 5.37. The van der Waals surface area contributed by atoms with E-state index in [0.717, 1.165) is 22.6 Å². The van der Waals surface area contributed by atoms with Crippen molar-refractivity contribution in [3.8, 4) is 11.4 Å². The largest absolute Gasteiger partial charge is 0.485 e. The molecule has 0 fully saturated rings. The molecule has 0 saturated carbocycles. The van der Waals surface area contributed by atoms with Crippen molar-refractivity contribution in [1.82, 2.24) is 4.57 Å². The molecule has 0 aliphatic carbocycles. The lowest BCUT2D eigenvalue weighted by atomic mass is 10.1. The Balaban J connectivity index is 1.84. The zero-order valence-electron chi connectivity index (χ0n) is 17.9. The number of aromatic nitrogens is 1. The Hall–Kier alpha value is -3.87. The van der Waals surface area contributed by atoms with Crippen LogP contribution in [0.1, 0.15) is 48.0 Å². The number of esters is 1. The first-order valence-corrected chi connectivity index (χ1v) is 9.67. The lowest BCUT2D eigenvalue weighted by Gasteiger charge is -2.12. The summed E-state index contributed by atoms with van der Waals surface area (Å²) < 4.78 is 12.3. The second-order valence-electron chi connectivity index (χ2n) is 7.23. The number of ketones is 1. The average Bonchev–Trinajstić information content (AvgIpc) is 3.05. The number of methoxy groups -OCH3 is 1. The van der Waals surface area contributed by atoms with Gasteiger partial charge in [0.2, 0.25) is 5.78 Å². The third-order valence-electron chi connectivity index (χ3n) is 5.04. The van der Waals surface area contributed by atoms with Gasteiger partial charge < -0.3 is 19.8 Å². The third-order valence-corrected chi connectivity index (χ3v) is 5.04. The van der Waals surface area contributed by atoms with Gasteiger partial charge in [0.25, 0.3) is 5.91 Å². The summed E-state index contributed by atoms with van der Waals surface area (Å²) in [5.41, 5.74) is 9.90. The van der Waals surface area contributed by atoms with E-state index in [1.54, 1.807) is 48.5 Å². The fourth-order valence-corrected chi connectivity index (χ4v) is 3.48. The van der Waals surface area contributed by atoms with Gasteiger partial charge in [0.1, 0.15) is 5.75 Å². The monoisotopic (exact) mass is 420 g/mol. The Labute approximate surface area is 180 Å². The first-order chi connectivity index (χ1) is 14.7. The maximum absolute atomic E-state index is 12.9. The molecule has 3 rings (SSSR count). The molecule has 7 nitrogen and oxygen atoms in total.